The van der Waals surface area contributed by atoms with E-state index < -0.39 is 12.0 Å². The minimum atomic E-state index is -0.798. The molecule has 0 spiro atoms. The third-order valence-electron chi connectivity index (χ3n) is 2.92. The molecular weight excluding hydrogens is 216 g/mol. The summed E-state index contributed by atoms with van der Waals surface area (Å²) in [7, 11) is 0. The molecule has 1 aliphatic carbocycles. The van der Waals surface area contributed by atoms with Gasteiger partial charge in [-0.25, -0.2) is 4.79 Å². The topological polar surface area (TPSA) is 73.1 Å². The van der Waals surface area contributed by atoms with Crippen LogP contribution in [0.1, 0.15) is 18.4 Å². The summed E-state index contributed by atoms with van der Waals surface area (Å²) in [5.41, 5.74) is 1.74. The molecule has 1 aromatic carbocycles. The highest BCUT2D eigenvalue weighted by Crippen LogP contribution is 2.34. The van der Waals surface area contributed by atoms with Crippen molar-refractivity contribution in [2.75, 3.05) is 5.32 Å². The Morgan fingerprint density at radius 1 is 1.47 bits per heavy atom. The lowest BCUT2D eigenvalue weighted by Gasteiger charge is -2.14. The van der Waals surface area contributed by atoms with Gasteiger partial charge in [0.1, 0.15) is 6.04 Å². The first-order chi connectivity index (χ1) is 8.20. The van der Waals surface area contributed by atoms with Crippen LogP contribution in [0.3, 0.4) is 0 Å². The highest BCUT2D eigenvalue weighted by atomic mass is 16.4. The summed E-state index contributed by atoms with van der Waals surface area (Å²) in [6.07, 6.45) is 2.35. The van der Waals surface area contributed by atoms with Crippen LogP contribution in [-0.4, -0.2) is 17.1 Å². The molecule has 1 atom stereocenters. The van der Waals surface area contributed by atoms with Gasteiger partial charge in [-0.2, -0.15) is 5.26 Å². The number of carboxylic acid groups (broad SMARTS) is 1. The Bertz CT molecular complexity index is 443. The van der Waals surface area contributed by atoms with Gasteiger partial charge in [0, 0.05) is 5.69 Å². The largest absolute Gasteiger partial charge is 0.480 e. The highest BCUT2D eigenvalue weighted by Gasteiger charge is 2.36. The summed E-state index contributed by atoms with van der Waals surface area (Å²) < 4.78 is 0. The van der Waals surface area contributed by atoms with E-state index in [1.54, 1.807) is 0 Å². The van der Waals surface area contributed by atoms with Crippen molar-refractivity contribution >= 4 is 11.7 Å². The Labute approximate surface area is 99.9 Å². The quantitative estimate of drug-likeness (QED) is 0.811. The predicted molar refractivity (Wildman–Crippen MR) is 63.5 cm³/mol. The van der Waals surface area contributed by atoms with Crippen LogP contribution < -0.4 is 5.32 Å². The molecule has 1 saturated carbocycles. The van der Waals surface area contributed by atoms with Crippen molar-refractivity contribution in [3.8, 4) is 6.07 Å². The van der Waals surface area contributed by atoms with E-state index in [0.717, 1.165) is 24.1 Å². The number of carbonyl (C=O) groups is 1. The number of aliphatic carboxylic acids is 1. The van der Waals surface area contributed by atoms with Crippen LogP contribution >= 0.6 is 0 Å². The van der Waals surface area contributed by atoms with Crippen molar-refractivity contribution in [3.63, 3.8) is 0 Å². The molecule has 0 aliphatic heterocycles. The van der Waals surface area contributed by atoms with E-state index in [9.17, 15) is 4.79 Å². The first kappa shape index (κ1) is 11.5. The number of anilines is 1. The number of rotatable bonds is 5. The molecule has 2 N–H and O–H groups in total. The lowest BCUT2D eigenvalue weighted by Crippen LogP contribution is -2.31. The van der Waals surface area contributed by atoms with Gasteiger partial charge in [-0.1, -0.05) is 12.1 Å². The average molecular weight is 230 g/mol. The number of nitrogens with one attached hydrogen (secondary N) is 1. The maximum absolute atomic E-state index is 11.0. The van der Waals surface area contributed by atoms with Crippen LogP contribution in [0.15, 0.2) is 24.3 Å². The molecule has 0 amide bonds. The molecule has 0 bridgehead atoms. The molecule has 1 unspecified atom stereocenters. The van der Waals surface area contributed by atoms with Gasteiger partial charge >= 0.3 is 5.97 Å². The number of benzene rings is 1. The van der Waals surface area contributed by atoms with Gasteiger partial charge < -0.3 is 10.4 Å². The zero-order valence-electron chi connectivity index (χ0n) is 9.39. The van der Waals surface area contributed by atoms with Gasteiger partial charge in [-0.05, 0) is 36.5 Å². The SMILES string of the molecule is N#CCc1ccc(NC(C(=O)O)C2CC2)cc1. The van der Waals surface area contributed by atoms with Gasteiger partial charge in [-0.15, -0.1) is 0 Å². The van der Waals surface area contributed by atoms with E-state index in [4.69, 9.17) is 10.4 Å². The van der Waals surface area contributed by atoms with Crippen LogP contribution in [0.2, 0.25) is 0 Å². The number of hydrogen-bond donors (Lipinski definition) is 2. The van der Waals surface area contributed by atoms with Crippen molar-refractivity contribution in [1.82, 2.24) is 0 Å². The van der Waals surface area contributed by atoms with E-state index in [1.807, 2.05) is 24.3 Å². The van der Waals surface area contributed by atoms with Gasteiger partial charge in [0.15, 0.2) is 0 Å². The lowest BCUT2D eigenvalue weighted by atomic mass is 10.1. The van der Waals surface area contributed by atoms with E-state index >= 15 is 0 Å². The monoisotopic (exact) mass is 230 g/mol. The second kappa shape index (κ2) is 4.88. The predicted octanol–water partition coefficient (Wildman–Crippen LogP) is 2.03. The Morgan fingerprint density at radius 2 is 2.12 bits per heavy atom. The first-order valence-corrected chi connectivity index (χ1v) is 5.66. The standard InChI is InChI=1S/C13H14N2O2/c14-8-7-9-1-5-11(6-2-9)15-12(13(16)17)10-3-4-10/h1-2,5-6,10,12,15H,3-4,7H2,(H,16,17). The van der Waals surface area contributed by atoms with Crippen LogP contribution in [0.25, 0.3) is 0 Å². The molecule has 2 rings (SSSR count). The number of hydrogen-bond acceptors (Lipinski definition) is 3. The fourth-order valence-corrected chi connectivity index (χ4v) is 1.80. The van der Waals surface area contributed by atoms with E-state index in [0.29, 0.717) is 6.42 Å². The second-order valence-electron chi connectivity index (χ2n) is 4.33. The van der Waals surface area contributed by atoms with Gasteiger partial charge in [0.25, 0.3) is 0 Å². The van der Waals surface area contributed by atoms with Crippen molar-refractivity contribution in [1.29, 1.82) is 5.26 Å². The van der Waals surface area contributed by atoms with Crippen LogP contribution in [0, 0.1) is 17.2 Å². The first-order valence-electron chi connectivity index (χ1n) is 5.66. The summed E-state index contributed by atoms with van der Waals surface area (Å²) in [5.74, 6) is -0.542. The fourth-order valence-electron chi connectivity index (χ4n) is 1.80. The average Bonchev–Trinajstić information content (AvgIpc) is 3.12. The molecule has 88 valence electrons. The zero-order valence-corrected chi connectivity index (χ0v) is 9.39. The zero-order chi connectivity index (χ0) is 12.3. The Hall–Kier alpha value is -2.02. The summed E-state index contributed by atoms with van der Waals surface area (Å²) in [4.78, 5) is 11.0. The summed E-state index contributed by atoms with van der Waals surface area (Å²) in [5, 5.41) is 20.7. The summed E-state index contributed by atoms with van der Waals surface area (Å²) >= 11 is 0. The maximum Gasteiger partial charge on any atom is 0.326 e. The molecule has 4 heteroatoms. The molecule has 0 aromatic heterocycles. The number of nitriles is 1. The maximum atomic E-state index is 11.0. The normalized spacial score (nSPS) is 15.9. The number of nitrogens with zero attached hydrogens (tertiary/aromatic N) is 1. The fraction of sp³-hybridized carbons (Fsp3) is 0.385. The second-order valence-corrected chi connectivity index (χ2v) is 4.33. The van der Waals surface area contributed by atoms with E-state index in [-0.39, 0.29) is 5.92 Å². The molecular formula is C13H14N2O2. The Morgan fingerprint density at radius 3 is 2.59 bits per heavy atom. The number of carboxylic acids is 1. The minimum Gasteiger partial charge on any atom is -0.480 e. The molecule has 0 radical (unpaired) electrons. The van der Waals surface area contributed by atoms with Crippen molar-refractivity contribution in [3.05, 3.63) is 29.8 Å². The molecule has 17 heavy (non-hydrogen) atoms. The molecule has 4 nitrogen and oxygen atoms in total. The molecule has 1 aliphatic rings. The third kappa shape index (κ3) is 2.97. The van der Waals surface area contributed by atoms with Gasteiger partial charge in [-0.3, -0.25) is 0 Å². The summed E-state index contributed by atoms with van der Waals surface area (Å²) in [6, 6.07) is 8.93. The van der Waals surface area contributed by atoms with Crippen LogP contribution in [0.5, 0.6) is 0 Å². The Kier molecular flexibility index (Phi) is 3.29. The smallest absolute Gasteiger partial charge is 0.326 e. The Balaban J connectivity index is 2.02. The van der Waals surface area contributed by atoms with Crippen LogP contribution in [0.4, 0.5) is 5.69 Å². The highest BCUT2D eigenvalue weighted by molar-refractivity contribution is 5.78. The van der Waals surface area contributed by atoms with Crippen molar-refractivity contribution in [2.45, 2.75) is 25.3 Å². The molecule has 0 heterocycles. The van der Waals surface area contributed by atoms with Crippen LogP contribution in [-0.2, 0) is 11.2 Å². The third-order valence-corrected chi connectivity index (χ3v) is 2.92. The van der Waals surface area contributed by atoms with Crippen molar-refractivity contribution < 1.29 is 9.90 Å². The minimum absolute atomic E-state index is 0.256. The molecule has 1 fully saturated rings. The summed E-state index contributed by atoms with van der Waals surface area (Å²) in [6.45, 7) is 0. The molecule has 1 aromatic rings. The van der Waals surface area contributed by atoms with Crippen molar-refractivity contribution in [2.24, 2.45) is 5.92 Å². The van der Waals surface area contributed by atoms with Gasteiger partial charge in [0.05, 0.1) is 12.5 Å². The van der Waals surface area contributed by atoms with Gasteiger partial charge in [0.2, 0.25) is 0 Å². The van der Waals surface area contributed by atoms with E-state index in [1.165, 1.54) is 0 Å². The lowest BCUT2D eigenvalue weighted by molar-refractivity contribution is -0.138. The van der Waals surface area contributed by atoms with E-state index in [2.05, 4.69) is 11.4 Å². The molecule has 0 saturated heterocycles.